The van der Waals surface area contributed by atoms with Gasteiger partial charge in [0.1, 0.15) is 17.2 Å². The molecule has 29 heavy (non-hydrogen) atoms. The van der Waals surface area contributed by atoms with E-state index < -0.39 is 15.8 Å². The van der Waals surface area contributed by atoms with E-state index in [1.807, 2.05) is 19.1 Å². The van der Waals surface area contributed by atoms with Gasteiger partial charge in [0.05, 0.1) is 30.2 Å². The van der Waals surface area contributed by atoms with E-state index in [0.717, 1.165) is 10.9 Å². The summed E-state index contributed by atoms with van der Waals surface area (Å²) >= 11 is 0. The van der Waals surface area contributed by atoms with Crippen LogP contribution in [0.15, 0.2) is 58.5 Å². The Morgan fingerprint density at radius 3 is 2.03 bits per heavy atom. The third-order valence-electron chi connectivity index (χ3n) is 4.84. The number of carbonyl (C=O) groups is 1. The van der Waals surface area contributed by atoms with Crippen molar-refractivity contribution in [3.8, 4) is 11.5 Å². The summed E-state index contributed by atoms with van der Waals surface area (Å²) in [6.45, 7) is 1.86. The molecule has 4 rings (SSSR count). The van der Waals surface area contributed by atoms with Crippen LogP contribution in [0.2, 0.25) is 0 Å². The van der Waals surface area contributed by atoms with Gasteiger partial charge in [-0.05, 0) is 36.6 Å². The minimum atomic E-state index is -3.94. The highest BCUT2D eigenvalue weighted by Crippen LogP contribution is 2.41. The zero-order chi connectivity index (χ0) is 20.8. The fourth-order valence-corrected chi connectivity index (χ4v) is 4.21. The molecule has 0 aromatic heterocycles. The van der Waals surface area contributed by atoms with E-state index in [9.17, 15) is 13.2 Å². The minimum Gasteiger partial charge on any atom is -0.496 e. The molecule has 3 aromatic rings. The molecule has 0 unspecified atom stereocenters. The van der Waals surface area contributed by atoms with Crippen molar-refractivity contribution in [3.63, 3.8) is 0 Å². The largest absolute Gasteiger partial charge is 0.496 e. The minimum absolute atomic E-state index is 0.0392. The Bertz CT molecular complexity index is 1270. The van der Waals surface area contributed by atoms with E-state index in [4.69, 9.17) is 9.47 Å². The van der Waals surface area contributed by atoms with Crippen LogP contribution in [0.1, 0.15) is 21.5 Å². The van der Waals surface area contributed by atoms with Crippen LogP contribution in [0, 0.1) is 6.92 Å². The number of Topliss-reactive ketones (excluding diaryl/α,β-unsaturated/α-hetero) is 1. The molecule has 0 radical (unpaired) electrons. The quantitative estimate of drug-likeness (QED) is 0.653. The molecule has 0 heterocycles. The normalized spacial score (nSPS) is 14.4. The molecule has 148 valence electrons. The van der Waals surface area contributed by atoms with Gasteiger partial charge in [0.2, 0.25) is 5.78 Å². The molecule has 7 nitrogen and oxygen atoms in total. The molecule has 0 saturated carbocycles. The maximum Gasteiger partial charge on any atom is 0.276 e. The first kappa shape index (κ1) is 18.9. The Balaban J connectivity index is 1.85. The molecule has 1 aliphatic rings. The number of ketones is 1. The summed E-state index contributed by atoms with van der Waals surface area (Å²) in [6.07, 6.45) is 0. The number of hydrogen-bond acceptors (Lipinski definition) is 6. The molecule has 3 aromatic carbocycles. The molecule has 1 N–H and O–H groups in total. The van der Waals surface area contributed by atoms with Gasteiger partial charge in [0.25, 0.3) is 10.0 Å². The lowest BCUT2D eigenvalue weighted by atomic mass is 10.0. The van der Waals surface area contributed by atoms with Crippen molar-refractivity contribution < 1.29 is 22.7 Å². The Morgan fingerprint density at radius 1 is 0.862 bits per heavy atom. The van der Waals surface area contributed by atoms with Crippen molar-refractivity contribution >= 4 is 32.3 Å². The lowest BCUT2D eigenvalue weighted by Crippen LogP contribution is -2.22. The topological polar surface area (TPSA) is 94.1 Å². The molecule has 8 heteroatoms. The maximum absolute atomic E-state index is 13.1. The number of hydrogen-bond donors (Lipinski definition) is 1. The predicted octanol–water partition coefficient (Wildman–Crippen LogP) is 3.04. The highest BCUT2D eigenvalue weighted by Gasteiger charge is 2.35. The lowest BCUT2D eigenvalue weighted by Gasteiger charge is -2.09. The zero-order valence-electron chi connectivity index (χ0n) is 16.0. The van der Waals surface area contributed by atoms with E-state index in [1.165, 1.54) is 26.4 Å². The maximum atomic E-state index is 13.1. The number of hydrazone groups is 1. The molecule has 0 amide bonds. The summed E-state index contributed by atoms with van der Waals surface area (Å²) in [5.41, 5.74) is 1.67. The SMILES string of the molecule is COc1ccc2ccc(OC)c3c2c1C(=O)/C3=N\NS(=O)(=O)c1ccc(C)cc1. The van der Waals surface area contributed by atoms with Crippen molar-refractivity contribution in [2.75, 3.05) is 14.2 Å². The van der Waals surface area contributed by atoms with E-state index in [0.29, 0.717) is 28.0 Å². The number of rotatable bonds is 5. The highest BCUT2D eigenvalue weighted by atomic mass is 32.2. The van der Waals surface area contributed by atoms with Gasteiger partial charge in [-0.25, -0.2) is 0 Å². The van der Waals surface area contributed by atoms with Gasteiger partial charge in [-0.3, -0.25) is 4.79 Å². The van der Waals surface area contributed by atoms with Gasteiger partial charge >= 0.3 is 0 Å². The van der Waals surface area contributed by atoms with Gasteiger partial charge in [0, 0.05) is 5.39 Å². The average molecular weight is 410 g/mol. The summed E-state index contributed by atoms with van der Waals surface area (Å²) in [5.74, 6) is 0.383. The zero-order valence-corrected chi connectivity index (χ0v) is 16.8. The Morgan fingerprint density at radius 2 is 1.45 bits per heavy atom. The summed E-state index contributed by atoms with van der Waals surface area (Å²) < 4.78 is 36.0. The molecule has 0 aliphatic heterocycles. The van der Waals surface area contributed by atoms with Crippen molar-refractivity contribution in [2.45, 2.75) is 11.8 Å². The van der Waals surface area contributed by atoms with Crippen molar-refractivity contribution in [2.24, 2.45) is 5.10 Å². The third kappa shape index (κ3) is 3.01. The van der Waals surface area contributed by atoms with Crippen LogP contribution in [0.25, 0.3) is 10.8 Å². The van der Waals surface area contributed by atoms with Crippen molar-refractivity contribution in [1.82, 2.24) is 4.83 Å². The number of benzene rings is 3. The van der Waals surface area contributed by atoms with E-state index in [2.05, 4.69) is 9.93 Å². The van der Waals surface area contributed by atoms with Crippen molar-refractivity contribution in [1.29, 1.82) is 0 Å². The first-order valence-electron chi connectivity index (χ1n) is 8.76. The standard InChI is InChI=1S/C21H18N2O5S/c1-12-4-8-14(9-5-12)29(25,26)23-22-20-18-15(27-2)10-6-13-7-11-16(28-3)19(17(13)18)21(20)24/h4-11,23H,1-3H3/b22-20-. The molecular formula is C21H18N2O5S. The second-order valence-electron chi connectivity index (χ2n) is 6.58. The van der Waals surface area contributed by atoms with Crippen LogP contribution < -0.4 is 14.3 Å². The molecule has 0 fully saturated rings. The second kappa shape index (κ2) is 6.89. The van der Waals surface area contributed by atoms with E-state index in [-0.39, 0.29) is 10.6 Å². The number of aryl methyl sites for hydroxylation is 1. The molecule has 0 spiro atoms. The summed E-state index contributed by atoms with van der Waals surface area (Å²) in [6, 6.07) is 13.4. The van der Waals surface area contributed by atoms with Gasteiger partial charge in [-0.15, -0.1) is 0 Å². The van der Waals surface area contributed by atoms with E-state index in [1.54, 1.807) is 24.3 Å². The molecule has 0 saturated heterocycles. The Labute approximate surface area is 168 Å². The highest BCUT2D eigenvalue weighted by molar-refractivity contribution is 7.89. The monoisotopic (exact) mass is 410 g/mol. The van der Waals surface area contributed by atoms with Gasteiger partial charge in [-0.2, -0.15) is 18.4 Å². The summed E-state index contributed by atoms with van der Waals surface area (Å²) in [7, 11) is -0.989. The fourth-order valence-electron chi connectivity index (χ4n) is 3.40. The van der Waals surface area contributed by atoms with Crippen LogP contribution in [-0.2, 0) is 10.0 Å². The number of carbonyl (C=O) groups excluding carboxylic acids is 1. The predicted molar refractivity (Wildman–Crippen MR) is 109 cm³/mol. The van der Waals surface area contributed by atoms with Gasteiger partial charge in [-0.1, -0.05) is 29.8 Å². The molecule has 0 bridgehead atoms. The van der Waals surface area contributed by atoms with Crippen LogP contribution in [-0.4, -0.2) is 34.1 Å². The van der Waals surface area contributed by atoms with Gasteiger partial charge in [0.15, 0.2) is 0 Å². The van der Waals surface area contributed by atoms with Crippen LogP contribution in [0.3, 0.4) is 0 Å². The van der Waals surface area contributed by atoms with Crippen LogP contribution in [0.5, 0.6) is 11.5 Å². The van der Waals surface area contributed by atoms with Crippen LogP contribution in [0.4, 0.5) is 0 Å². The van der Waals surface area contributed by atoms with Crippen molar-refractivity contribution in [3.05, 3.63) is 65.2 Å². The van der Waals surface area contributed by atoms with Crippen LogP contribution >= 0.6 is 0 Å². The first-order valence-corrected chi connectivity index (χ1v) is 10.2. The third-order valence-corrected chi connectivity index (χ3v) is 6.06. The Kier molecular flexibility index (Phi) is 4.50. The number of nitrogens with zero attached hydrogens (tertiary/aromatic N) is 1. The number of sulfonamides is 1. The molecule has 0 atom stereocenters. The Hall–Kier alpha value is -3.39. The molecule has 1 aliphatic carbocycles. The number of ether oxygens (including phenoxy) is 2. The fraction of sp³-hybridized carbons (Fsp3) is 0.143. The smallest absolute Gasteiger partial charge is 0.276 e. The lowest BCUT2D eigenvalue weighted by molar-refractivity contribution is 0.106. The summed E-state index contributed by atoms with van der Waals surface area (Å²) in [5, 5.41) is 5.42. The number of nitrogens with one attached hydrogen (secondary N) is 1. The van der Waals surface area contributed by atoms with E-state index >= 15 is 0 Å². The average Bonchev–Trinajstić information content (AvgIpc) is 3.01. The molecular weight excluding hydrogens is 392 g/mol. The number of methoxy groups -OCH3 is 2. The second-order valence-corrected chi connectivity index (χ2v) is 8.24. The summed E-state index contributed by atoms with van der Waals surface area (Å²) in [4.78, 5) is 15.4. The van der Waals surface area contributed by atoms with Gasteiger partial charge < -0.3 is 9.47 Å². The first-order chi connectivity index (χ1) is 13.9.